The first-order valence-corrected chi connectivity index (χ1v) is 9.70. The van der Waals surface area contributed by atoms with Gasteiger partial charge in [-0.05, 0) is 32.3 Å². The highest BCUT2D eigenvalue weighted by Gasteiger charge is 2.44. The molecule has 2 saturated heterocycles. The van der Waals surface area contributed by atoms with Gasteiger partial charge in [0, 0.05) is 26.6 Å². The van der Waals surface area contributed by atoms with Crippen LogP contribution in [0, 0.1) is 18.8 Å². The molecule has 1 aromatic rings. The van der Waals surface area contributed by atoms with Crippen molar-refractivity contribution in [3.63, 3.8) is 0 Å². The number of benzene rings is 1. The largest absolute Gasteiger partial charge is 0.466 e. The van der Waals surface area contributed by atoms with Gasteiger partial charge in [0.05, 0.1) is 24.5 Å². The van der Waals surface area contributed by atoms with Crippen molar-refractivity contribution in [2.75, 3.05) is 26.7 Å². The van der Waals surface area contributed by atoms with Gasteiger partial charge in [-0.15, -0.1) is 0 Å². The first kappa shape index (κ1) is 19.4. The smallest absolute Gasteiger partial charge is 0.309 e. The van der Waals surface area contributed by atoms with Gasteiger partial charge < -0.3 is 14.5 Å². The van der Waals surface area contributed by atoms with Crippen molar-refractivity contribution in [2.24, 2.45) is 11.8 Å². The molecule has 2 amide bonds. The first-order valence-electron chi connectivity index (χ1n) is 9.70. The van der Waals surface area contributed by atoms with Gasteiger partial charge in [0.25, 0.3) is 0 Å². The van der Waals surface area contributed by atoms with E-state index in [1.165, 1.54) is 0 Å². The zero-order valence-corrected chi connectivity index (χ0v) is 16.3. The van der Waals surface area contributed by atoms with E-state index in [0.717, 1.165) is 11.1 Å². The van der Waals surface area contributed by atoms with E-state index >= 15 is 0 Å². The molecule has 1 aromatic carbocycles. The van der Waals surface area contributed by atoms with Gasteiger partial charge in [0.2, 0.25) is 11.8 Å². The van der Waals surface area contributed by atoms with Crippen molar-refractivity contribution in [3.8, 4) is 0 Å². The van der Waals surface area contributed by atoms with Crippen LogP contribution in [0.2, 0.25) is 0 Å². The normalized spacial score (nSPS) is 23.6. The van der Waals surface area contributed by atoms with Gasteiger partial charge in [-0.2, -0.15) is 0 Å². The van der Waals surface area contributed by atoms with Crippen LogP contribution in [0.15, 0.2) is 24.3 Å². The number of rotatable bonds is 4. The molecule has 6 heteroatoms. The van der Waals surface area contributed by atoms with E-state index in [2.05, 4.69) is 0 Å². The van der Waals surface area contributed by atoms with Gasteiger partial charge >= 0.3 is 5.97 Å². The van der Waals surface area contributed by atoms with Crippen molar-refractivity contribution >= 4 is 17.8 Å². The maximum absolute atomic E-state index is 13.2. The number of amides is 2. The monoisotopic (exact) mass is 372 g/mol. The summed E-state index contributed by atoms with van der Waals surface area (Å²) in [5, 5.41) is 0. The van der Waals surface area contributed by atoms with Gasteiger partial charge in [-0.1, -0.05) is 29.8 Å². The standard InChI is InChI=1S/C21H28N2O4/c1-4-27-21(26)16-9-11-23(12-10-16)20(25)17-13-18(24)22(3)19(17)15-7-5-14(2)6-8-15/h5-8,16-17,19H,4,9-13H2,1-3H3/t17-,19-/m1/s1. The summed E-state index contributed by atoms with van der Waals surface area (Å²) in [4.78, 5) is 40.9. The number of ether oxygens (including phenoxy) is 1. The fraction of sp³-hybridized carbons (Fsp3) is 0.571. The average Bonchev–Trinajstić information content (AvgIpc) is 2.97. The molecule has 146 valence electrons. The molecular formula is C21H28N2O4. The lowest BCUT2D eigenvalue weighted by Crippen LogP contribution is -2.44. The molecule has 0 bridgehead atoms. The molecular weight excluding hydrogens is 344 g/mol. The van der Waals surface area contributed by atoms with Crippen LogP contribution in [-0.2, 0) is 19.1 Å². The SMILES string of the molecule is CCOC(=O)C1CCN(C(=O)[C@@H]2CC(=O)N(C)[C@@H]2c2ccc(C)cc2)CC1. The lowest BCUT2D eigenvalue weighted by molar-refractivity contribution is -0.152. The van der Waals surface area contributed by atoms with Gasteiger partial charge in [-0.3, -0.25) is 14.4 Å². The van der Waals surface area contributed by atoms with Crippen LogP contribution in [0.1, 0.15) is 43.4 Å². The minimum Gasteiger partial charge on any atom is -0.466 e. The van der Waals surface area contributed by atoms with Crippen molar-refractivity contribution in [1.29, 1.82) is 0 Å². The summed E-state index contributed by atoms with van der Waals surface area (Å²) in [7, 11) is 1.77. The third-order valence-electron chi connectivity index (χ3n) is 5.75. The Hall–Kier alpha value is -2.37. The fourth-order valence-electron chi connectivity index (χ4n) is 4.14. The lowest BCUT2D eigenvalue weighted by atomic mass is 9.90. The Labute approximate surface area is 160 Å². The van der Waals surface area contributed by atoms with Crippen molar-refractivity contribution < 1.29 is 19.1 Å². The molecule has 0 unspecified atom stereocenters. The molecule has 3 rings (SSSR count). The number of carbonyl (C=O) groups is 3. The molecule has 0 saturated carbocycles. The molecule has 2 atom stereocenters. The maximum atomic E-state index is 13.2. The number of hydrogen-bond donors (Lipinski definition) is 0. The zero-order chi connectivity index (χ0) is 19.6. The minimum atomic E-state index is -0.371. The Morgan fingerprint density at radius 1 is 1.15 bits per heavy atom. The van der Waals surface area contributed by atoms with Crippen LogP contribution in [0.5, 0.6) is 0 Å². The topological polar surface area (TPSA) is 66.9 Å². The number of esters is 1. The Bertz CT molecular complexity index is 707. The second-order valence-corrected chi connectivity index (χ2v) is 7.52. The third-order valence-corrected chi connectivity index (χ3v) is 5.75. The molecule has 2 heterocycles. The molecule has 2 aliphatic rings. The van der Waals surface area contributed by atoms with Crippen LogP contribution >= 0.6 is 0 Å². The van der Waals surface area contributed by atoms with E-state index in [-0.39, 0.29) is 42.1 Å². The molecule has 2 fully saturated rings. The fourth-order valence-corrected chi connectivity index (χ4v) is 4.14. The lowest BCUT2D eigenvalue weighted by Gasteiger charge is -2.34. The highest BCUT2D eigenvalue weighted by atomic mass is 16.5. The molecule has 6 nitrogen and oxygen atoms in total. The van der Waals surface area contributed by atoms with Crippen LogP contribution in [0.4, 0.5) is 0 Å². The van der Waals surface area contributed by atoms with E-state index in [1.807, 2.05) is 36.1 Å². The molecule has 0 radical (unpaired) electrons. The van der Waals surface area contributed by atoms with Gasteiger partial charge in [-0.25, -0.2) is 0 Å². The number of nitrogens with zero attached hydrogens (tertiary/aromatic N) is 2. The number of carbonyl (C=O) groups excluding carboxylic acids is 3. The number of hydrogen-bond acceptors (Lipinski definition) is 4. The molecule has 2 aliphatic heterocycles. The highest BCUT2D eigenvalue weighted by molar-refractivity contribution is 5.90. The summed E-state index contributed by atoms with van der Waals surface area (Å²) < 4.78 is 5.10. The molecule has 0 aromatic heterocycles. The summed E-state index contributed by atoms with van der Waals surface area (Å²) in [6.07, 6.45) is 1.48. The van der Waals surface area contributed by atoms with E-state index in [9.17, 15) is 14.4 Å². The Morgan fingerprint density at radius 2 is 1.78 bits per heavy atom. The Balaban J connectivity index is 1.70. The van der Waals surface area contributed by atoms with Crippen LogP contribution < -0.4 is 0 Å². The quantitative estimate of drug-likeness (QED) is 0.761. The minimum absolute atomic E-state index is 0.000310. The predicted octanol–water partition coefficient (Wildman–Crippen LogP) is 2.32. The number of piperidine rings is 1. The third kappa shape index (κ3) is 3.99. The Morgan fingerprint density at radius 3 is 2.37 bits per heavy atom. The summed E-state index contributed by atoms with van der Waals surface area (Å²) in [5.41, 5.74) is 2.14. The van der Waals surface area contributed by atoms with Gasteiger partial charge in [0.1, 0.15) is 0 Å². The average molecular weight is 372 g/mol. The number of aryl methyl sites for hydroxylation is 1. The molecule has 0 spiro atoms. The second-order valence-electron chi connectivity index (χ2n) is 7.52. The molecule has 0 aliphatic carbocycles. The van der Waals surface area contributed by atoms with Crippen molar-refractivity contribution in [1.82, 2.24) is 9.80 Å². The Kier molecular flexibility index (Phi) is 5.82. The summed E-state index contributed by atoms with van der Waals surface area (Å²) in [6, 6.07) is 7.80. The van der Waals surface area contributed by atoms with Crippen LogP contribution in [0.25, 0.3) is 0 Å². The first-order chi connectivity index (χ1) is 12.9. The predicted molar refractivity (Wildman–Crippen MR) is 101 cm³/mol. The second kappa shape index (κ2) is 8.11. The number of likely N-dealkylation sites (tertiary alicyclic amines) is 2. The summed E-state index contributed by atoms with van der Waals surface area (Å²) in [6.45, 7) is 5.28. The van der Waals surface area contributed by atoms with Crippen molar-refractivity contribution in [3.05, 3.63) is 35.4 Å². The molecule has 0 N–H and O–H groups in total. The van der Waals surface area contributed by atoms with Gasteiger partial charge in [0.15, 0.2) is 0 Å². The maximum Gasteiger partial charge on any atom is 0.309 e. The van der Waals surface area contributed by atoms with Crippen LogP contribution in [-0.4, -0.2) is 54.3 Å². The van der Waals surface area contributed by atoms with E-state index < -0.39 is 0 Å². The van der Waals surface area contributed by atoms with Crippen molar-refractivity contribution in [2.45, 2.75) is 39.2 Å². The van der Waals surface area contributed by atoms with E-state index in [1.54, 1.807) is 18.9 Å². The van der Waals surface area contributed by atoms with E-state index in [0.29, 0.717) is 32.5 Å². The zero-order valence-electron chi connectivity index (χ0n) is 16.3. The summed E-state index contributed by atoms with van der Waals surface area (Å²) in [5.74, 6) is -0.655. The van der Waals surface area contributed by atoms with Crippen LogP contribution in [0.3, 0.4) is 0 Å². The van der Waals surface area contributed by atoms with E-state index in [4.69, 9.17) is 4.74 Å². The highest BCUT2D eigenvalue weighted by Crippen LogP contribution is 2.38. The molecule has 27 heavy (non-hydrogen) atoms. The summed E-state index contributed by atoms with van der Waals surface area (Å²) >= 11 is 0.